The summed E-state index contributed by atoms with van der Waals surface area (Å²) in [6.07, 6.45) is 1.02. The van der Waals surface area contributed by atoms with E-state index in [0.29, 0.717) is 36.3 Å². The summed E-state index contributed by atoms with van der Waals surface area (Å²) < 4.78 is 27.6. The van der Waals surface area contributed by atoms with Crippen molar-refractivity contribution in [2.75, 3.05) is 24.1 Å². The average Bonchev–Trinajstić information content (AvgIpc) is 2.63. The van der Waals surface area contributed by atoms with Crippen molar-refractivity contribution in [3.63, 3.8) is 0 Å². The molecule has 0 radical (unpaired) electrons. The lowest BCUT2D eigenvalue weighted by atomic mass is 9.94. The van der Waals surface area contributed by atoms with E-state index in [1.807, 2.05) is 0 Å². The summed E-state index contributed by atoms with van der Waals surface area (Å²) in [5.41, 5.74) is 7.07. The molecule has 6 nitrogen and oxygen atoms in total. The van der Waals surface area contributed by atoms with Crippen LogP contribution in [0.1, 0.15) is 30.6 Å². The van der Waals surface area contributed by atoms with Crippen molar-refractivity contribution in [1.82, 2.24) is 4.31 Å². The topological polar surface area (TPSA) is 92.5 Å². The van der Waals surface area contributed by atoms with Crippen LogP contribution in [-0.4, -0.2) is 31.7 Å². The van der Waals surface area contributed by atoms with Gasteiger partial charge in [-0.2, -0.15) is 4.31 Å². The molecule has 144 valence electrons. The van der Waals surface area contributed by atoms with E-state index >= 15 is 0 Å². The monoisotopic (exact) mass is 387 g/mol. The number of anilines is 2. The second-order valence-corrected chi connectivity index (χ2v) is 9.28. The Labute approximate surface area is 160 Å². The zero-order valence-corrected chi connectivity index (χ0v) is 16.4. The zero-order chi connectivity index (χ0) is 19.6. The maximum atomic E-state index is 13.0. The number of nitrogens with zero attached hydrogens (tertiary/aromatic N) is 1. The minimum atomic E-state index is -3.64. The molecule has 1 amide bonds. The number of sulfonamides is 1. The van der Waals surface area contributed by atoms with Crippen LogP contribution in [0.15, 0.2) is 53.4 Å². The number of rotatable bonds is 4. The number of carbonyl (C=O) groups is 1. The number of para-hydroxylation sites is 2. The zero-order valence-electron chi connectivity index (χ0n) is 15.6. The van der Waals surface area contributed by atoms with Crippen LogP contribution in [0.3, 0.4) is 0 Å². The lowest BCUT2D eigenvalue weighted by Crippen LogP contribution is -2.42. The molecule has 3 rings (SSSR count). The van der Waals surface area contributed by atoms with Crippen molar-refractivity contribution in [2.24, 2.45) is 11.8 Å². The highest BCUT2D eigenvalue weighted by atomic mass is 32.2. The maximum absolute atomic E-state index is 13.0. The van der Waals surface area contributed by atoms with Gasteiger partial charge in [-0.05, 0) is 48.6 Å². The highest BCUT2D eigenvalue weighted by Gasteiger charge is 2.31. The maximum Gasteiger partial charge on any atom is 0.255 e. The Morgan fingerprint density at radius 1 is 1.07 bits per heavy atom. The van der Waals surface area contributed by atoms with Gasteiger partial charge >= 0.3 is 0 Å². The number of carbonyl (C=O) groups excluding carboxylic acids is 1. The van der Waals surface area contributed by atoms with E-state index in [2.05, 4.69) is 19.2 Å². The minimum Gasteiger partial charge on any atom is -0.397 e. The molecule has 1 aliphatic rings. The fourth-order valence-electron chi connectivity index (χ4n) is 3.55. The Balaban J connectivity index is 1.84. The summed E-state index contributed by atoms with van der Waals surface area (Å²) in [6.45, 7) is 5.13. The van der Waals surface area contributed by atoms with Crippen molar-refractivity contribution >= 4 is 27.3 Å². The SMILES string of the molecule is CC1CC(C)CN(S(=O)(=O)c2cccc(C(=O)Nc3ccccc3N)c2)C1. The molecule has 0 spiro atoms. The molecule has 3 N–H and O–H groups in total. The van der Waals surface area contributed by atoms with Crippen LogP contribution < -0.4 is 11.1 Å². The van der Waals surface area contributed by atoms with E-state index in [-0.39, 0.29) is 10.5 Å². The molecule has 1 saturated heterocycles. The normalized spacial score (nSPS) is 21.0. The number of nitrogens with two attached hydrogens (primary N) is 1. The van der Waals surface area contributed by atoms with Gasteiger partial charge in [-0.1, -0.05) is 32.0 Å². The van der Waals surface area contributed by atoms with E-state index in [0.717, 1.165) is 6.42 Å². The van der Waals surface area contributed by atoms with Gasteiger partial charge in [0, 0.05) is 18.7 Å². The van der Waals surface area contributed by atoms with Gasteiger partial charge in [-0.15, -0.1) is 0 Å². The van der Waals surface area contributed by atoms with Gasteiger partial charge < -0.3 is 11.1 Å². The number of nitrogens with one attached hydrogen (secondary N) is 1. The number of nitrogen functional groups attached to an aromatic ring is 1. The van der Waals surface area contributed by atoms with Crippen LogP contribution in [0.4, 0.5) is 11.4 Å². The third-order valence-corrected chi connectivity index (χ3v) is 6.61. The summed E-state index contributed by atoms with van der Waals surface area (Å²) >= 11 is 0. The lowest BCUT2D eigenvalue weighted by molar-refractivity contribution is 0.102. The Bertz CT molecular complexity index is 933. The first-order valence-electron chi connectivity index (χ1n) is 9.03. The van der Waals surface area contributed by atoms with Crippen LogP contribution in [0.2, 0.25) is 0 Å². The Morgan fingerprint density at radius 2 is 1.74 bits per heavy atom. The van der Waals surface area contributed by atoms with Gasteiger partial charge in [0.1, 0.15) is 0 Å². The highest BCUT2D eigenvalue weighted by molar-refractivity contribution is 7.89. The van der Waals surface area contributed by atoms with Gasteiger partial charge in [-0.25, -0.2) is 8.42 Å². The number of piperidine rings is 1. The fraction of sp³-hybridized carbons (Fsp3) is 0.350. The molecule has 1 aliphatic heterocycles. The molecule has 0 bridgehead atoms. The largest absolute Gasteiger partial charge is 0.397 e. The predicted molar refractivity (Wildman–Crippen MR) is 107 cm³/mol. The van der Waals surface area contributed by atoms with Crippen molar-refractivity contribution in [2.45, 2.75) is 25.2 Å². The van der Waals surface area contributed by atoms with Crippen LogP contribution in [-0.2, 0) is 10.0 Å². The van der Waals surface area contributed by atoms with Crippen LogP contribution in [0.5, 0.6) is 0 Å². The van der Waals surface area contributed by atoms with Crippen LogP contribution in [0.25, 0.3) is 0 Å². The van der Waals surface area contributed by atoms with Gasteiger partial charge in [0.15, 0.2) is 0 Å². The van der Waals surface area contributed by atoms with Crippen molar-refractivity contribution in [3.05, 3.63) is 54.1 Å². The van der Waals surface area contributed by atoms with Crippen molar-refractivity contribution < 1.29 is 13.2 Å². The molecule has 2 atom stereocenters. The number of benzene rings is 2. The quantitative estimate of drug-likeness (QED) is 0.788. The molecule has 2 aromatic carbocycles. The molecular weight excluding hydrogens is 362 g/mol. The van der Waals surface area contributed by atoms with Crippen molar-refractivity contribution in [1.29, 1.82) is 0 Å². The van der Waals surface area contributed by atoms with E-state index in [1.165, 1.54) is 16.4 Å². The molecule has 2 unspecified atom stereocenters. The minimum absolute atomic E-state index is 0.137. The van der Waals surface area contributed by atoms with E-state index < -0.39 is 15.9 Å². The lowest BCUT2D eigenvalue weighted by Gasteiger charge is -2.34. The Morgan fingerprint density at radius 3 is 2.41 bits per heavy atom. The van der Waals surface area contributed by atoms with Crippen LogP contribution >= 0.6 is 0 Å². The summed E-state index contributed by atoms with van der Waals surface area (Å²) in [5.74, 6) is 0.234. The van der Waals surface area contributed by atoms with E-state index in [1.54, 1.807) is 36.4 Å². The first-order valence-corrected chi connectivity index (χ1v) is 10.5. The third-order valence-electron chi connectivity index (χ3n) is 4.78. The smallest absolute Gasteiger partial charge is 0.255 e. The van der Waals surface area contributed by atoms with E-state index in [9.17, 15) is 13.2 Å². The molecule has 0 aliphatic carbocycles. The summed E-state index contributed by atoms with van der Waals surface area (Å²) in [7, 11) is -3.64. The highest BCUT2D eigenvalue weighted by Crippen LogP contribution is 2.27. The molecule has 1 heterocycles. The molecule has 27 heavy (non-hydrogen) atoms. The Hall–Kier alpha value is -2.38. The van der Waals surface area contributed by atoms with Gasteiger partial charge in [-0.3, -0.25) is 4.79 Å². The number of hydrogen-bond donors (Lipinski definition) is 2. The molecule has 1 fully saturated rings. The summed E-state index contributed by atoms with van der Waals surface area (Å²) in [4.78, 5) is 12.7. The molecule has 0 aromatic heterocycles. The summed E-state index contributed by atoms with van der Waals surface area (Å²) in [6, 6.07) is 13.1. The van der Waals surface area contributed by atoms with Gasteiger partial charge in [0.05, 0.1) is 16.3 Å². The van der Waals surface area contributed by atoms with Crippen molar-refractivity contribution in [3.8, 4) is 0 Å². The average molecular weight is 388 g/mol. The third kappa shape index (κ3) is 4.31. The second-order valence-electron chi connectivity index (χ2n) is 7.34. The van der Waals surface area contributed by atoms with Gasteiger partial charge in [0.2, 0.25) is 10.0 Å². The second kappa shape index (κ2) is 7.70. The standard InChI is InChI=1S/C20H25N3O3S/c1-14-10-15(2)13-23(12-14)27(25,26)17-7-5-6-16(11-17)20(24)22-19-9-4-3-8-18(19)21/h3-9,11,14-15H,10,12-13,21H2,1-2H3,(H,22,24). The fourth-order valence-corrected chi connectivity index (χ4v) is 5.28. The first kappa shape index (κ1) is 19.4. The number of hydrogen-bond acceptors (Lipinski definition) is 4. The molecule has 7 heteroatoms. The first-order chi connectivity index (χ1) is 12.8. The molecular formula is C20H25N3O3S. The predicted octanol–water partition coefficient (Wildman–Crippen LogP) is 3.19. The van der Waals surface area contributed by atoms with Gasteiger partial charge in [0.25, 0.3) is 5.91 Å². The summed E-state index contributed by atoms with van der Waals surface area (Å²) in [5, 5.41) is 2.73. The van der Waals surface area contributed by atoms with E-state index in [4.69, 9.17) is 5.73 Å². The molecule has 2 aromatic rings. The van der Waals surface area contributed by atoms with Crippen LogP contribution in [0, 0.1) is 11.8 Å². The molecule has 0 saturated carbocycles. The Kier molecular flexibility index (Phi) is 5.53. The number of amides is 1.